The summed E-state index contributed by atoms with van der Waals surface area (Å²) in [6.07, 6.45) is 5.87. The summed E-state index contributed by atoms with van der Waals surface area (Å²) in [7, 11) is 0. The predicted molar refractivity (Wildman–Crippen MR) is 104 cm³/mol. The van der Waals surface area contributed by atoms with E-state index in [1.807, 2.05) is 24.3 Å². The van der Waals surface area contributed by atoms with Crippen LogP contribution in [-0.4, -0.2) is 15.5 Å². The Balaban J connectivity index is 1.66. The second-order valence-electron chi connectivity index (χ2n) is 6.54. The van der Waals surface area contributed by atoms with Gasteiger partial charge in [0.25, 0.3) is 5.56 Å². The van der Waals surface area contributed by atoms with E-state index < -0.39 is 11.4 Å². The van der Waals surface area contributed by atoms with E-state index in [1.165, 1.54) is 41.4 Å². The average molecular weight is 367 g/mol. The first-order chi connectivity index (χ1) is 13.1. The molecular formula is C21H22FN3O2. The third-order valence-electron chi connectivity index (χ3n) is 4.41. The molecule has 0 aliphatic carbocycles. The van der Waals surface area contributed by atoms with Gasteiger partial charge in [-0.3, -0.25) is 14.2 Å². The van der Waals surface area contributed by atoms with Crippen LogP contribution in [0.5, 0.6) is 0 Å². The quantitative estimate of drug-likeness (QED) is 0.644. The molecule has 1 aromatic heterocycles. The molecule has 0 spiro atoms. The molecule has 0 saturated carbocycles. The molecule has 27 heavy (non-hydrogen) atoms. The average Bonchev–Trinajstić information content (AvgIpc) is 2.66. The number of nitrogens with zero attached hydrogens (tertiary/aromatic N) is 2. The summed E-state index contributed by atoms with van der Waals surface area (Å²) in [5, 5.41) is 2.93. The molecule has 5 nitrogen and oxygen atoms in total. The molecule has 0 fully saturated rings. The minimum atomic E-state index is -0.511. The third-order valence-corrected chi connectivity index (χ3v) is 4.41. The Morgan fingerprint density at radius 1 is 1.15 bits per heavy atom. The van der Waals surface area contributed by atoms with Crippen LogP contribution >= 0.6 is 0 Å². The molecule has 3 rings (SSSR count). The highest BCUT2D eigenvalue weighted by atomic mass is 19.1. The maximum atomic E-state index is 13.4. The van der Waals surface area contributed by atoms with Crippen molar-refractivity contribution >= 4 is 22.5 Å². The number of unbranched alkanes of at least 4 members (excludes halogenated alkanes) is 2. The molecule has 1 N–H and O–H groups in total. The lowest BCUT2D eigenvalue weighted by Gasteiger charge is -2.09. The van der Waals surface area contributed by atoms with Crippen molar-refractivity contribution in [2.24, 2.45) is 0 Å². The number of carbonyl (C=O) groups excluding carboxylic acids is 1. The number of benzene rings is 2. The number of rotatable bonds is 7. The SMILES string of the molecule is CCCCCc1ccc(NC(=O)Cn2cnc3ccc(F)cc3c2=O)cc1. The molecule has 0 radical (unpaired) electrons. The Bertz CT molecular complexity index is 996. The van der Waals surface area contributed by atoms with Crippen LogP contribution in [0, 0.1) is 5.82 Å². The van der Waals surface area contributed by atoms with Crippen LogP contribution in [0.1, 0.15) is 31.7 Å². The second kappa shape index (κ2) is 8.58. The first kappa shape index (κ1) is 18.8. The fraction of sp³-hybridized carbons (Fsp3) is 0.286. The van der Waals surface area contributed by atoms with Crippen LogP contribution in [0.25, 0.3) is 10.9 Å². The fourth-order valence-corrected chi connectivity index (χ4v) is 2.93. The highest BCUT2D eigenvalue weighted by Gasteiger charge is 2.09. The van der Waals surface area contributed by atoms with Crippen molar-refractivity contribution in [3.05, 3.63) is 70.5 Å². The number of amides is 1. The number of fused-ring (bicyclic) bond motifs is 1. The Morgan fingerprint density at radius 2 is 1.93 bits per heavy atom. The predicted octanol–water partition coefficient (Wildman–Crippen LogP) is 3.91. The van der Waals surface area contributed by atoms with Crippen molar-refractivity contribution in [1.29, 1.82) is 0 Å². The Kier molecular flexibility index (Phi) is 5.96. The van der Waals surface area contributed by atoms with Gasteiger partial charge >= 0.3 is 0 Å². The van der Waals surface area contributed by atoms with Gasteiger partial charge in [-0.15, -0.1) is 0 Å². The molecule has 1 heterocycles. The summed E-state index contributed by atoms with van der Waals surface area (Å²) in [6, 6.07) is 11.5. The highest BCUT2D eigenvalue weighted by molar-refractivity contribution is 5.90. The third kappa shape index (κ3) is 4.78. The van der Waals surface area contributed by atoms with Crippen LogP contribution in [0.4, 0.5) is 10.1 Å². The minimum Gasteiger partial charge on any atom is -0.325 e. The van der Waals surface area contributed by atoms with Gasteiger partial charge in [0.1, 0.15) is 12.4 Å². The molecule has 0 atom stereocenters. The van der Waals surface area contributed by atoms with E-state index in [9.17, 15) is 14.0 Å². The number of carbonyl (C=O) groups is 1. The number of nitrogens with one attached hydrogen (secondary N) is 1. The first-order valence-electron chi connectivity index (χ1n) is 9.10. The van der Waals surface area contributed by atoms with Crippen LogP contribution in [-0.2, 0) is 17.8 Å². The number of aromatic nitrogens is 2. The summed E-state index contributed by atoms with van der Waals surface area (Å²) < 4.78 is 14.6. The maximum absolute atomic E-state index is 13.4. The maximum Gasteiger partial charge on any atom is 0.261 e. The van der Waals surface area contributed by atoms with Gasteiger partial charge in [0, 0.05) is 5.69 Å². The lowest BCUT2D eigenvalue weighted by Crippen LogP contribution is -2.28. The largest absolute Gasteiger partial charge is 0.325 e. The molecular weight excluding hydrogens is 345 g/mol. The van der Waals surface area contributed by atoms with Crippen molar-refractivity contribution in [3.63, 3.8) is 0 Å². The van der Waals surface area contributed by atoms with Crippen LogP contribution in [0.15, 0.2) is 53.6 Å². The van der Waals surface area contributed by atoms with Gasteiger partial charge in [0.15, 0.2) is 0 Å². The van der Waals surface area contributed by atoms with Gasteiger partial charge in [-0.1, -0.05) is 31.9 Å². The van der Waals surface area contributed by atoms with Crippen LogP contribution in [0.2, 0.25) is 0 Å². The standard InChI is InChI=1S/C21H22FN3O2/c1-2-3-4-5-15-6-9-17(10-7-15)24-20(26)13-25-14-23-19-11-8-16(22)12-18(19)21(25)27/h6-12,14H,2-5,13H2,1H3,(H,24,26). The van der Waals surface area contributed by atoms with E-state index in [1.54, 1.807) is 0 Å². The first-order valence-corrected chi connectivity index (χ1v) is 9.10. The Labute approximate surface area is 156 Å². The summed E-state index contributed by atoms with van der Waals surface area (Å²) in [5.41, 5.74) is 1.86. The molecule has 3 aromatic rings. The van der Waals surface area contributed by atoms with Gasteiger partial charge in [-0.25, -0.2) is 9.37 Å². The van der Waals surface area contributed by atoms with E-state index in [0.717, 1.165) is 18.9 Å². The lowest BCUT2D eigenvalue weighted by atomic mass is 10.1. The summed E-state index contributed by atoms with van der Waals surface area (Å²) in [4.78, 5) is 28.8. The fourth-order valence-electron chi connectivity index (χ4n) is 2.93. The Hall–Kier alpha value is -3.02. The van der Waals surface area contributed by atoms with E-state index in [2.05, 4.69) is 17.2 Å². The topological polar surface area (TPSA) is 64.0 Å². The number of halogens is 1. The highest BCUT2D eigenvalue weighted by Crippen LogP contribution is 2.13. The van der Waals surface area contributed by atoms with Crippen molar-refractivity contribution in [2.45, 2.75) is 39.2 Å². The molecule has 0 aliphatic rings. The lowest BCUT2D eigenvalue weighted by molar-refractivity contribution is -0.116. The normalized spacial score (nSPS) is 10.9. The van der Waals surface area contributed by atoms with Crippen molar-refractivity contribution in [2.75, 3.05) is 5.32 Å². The zero-order chi connectivity index (χ0) is 19.2. The smallest absolute Gasteiger partial charge is 0.261 e. The second-order valence-corrected chi connectivity index (χ2v) is 6.54. The molecule has 2 aromatic carbocycles. The van der Waals surface area contributed by atoms with E-state index in [4.69, 9.17) is 0 Å². The minimum absolute atomic E-state index is 0.154. The van der Waals surface area contributed by atoms with E-state index in [0.29, 0.717) is 11.2 Å². The Morgan fingerprint density at radius 3 is 2.67 bits per heavy atom. The van der Waals surface area contributed by atoms with E-state index >= 15 is 0 Å². The zero-order valence-electron chi connectivity index (χ0n) is 15.2. The molecule has 0 aliphatic heterocycles. The van der Waals surface area contributed by atoms with E-state index in [-0.39, 0.29) is 17.8 Å². The van der Waals surface area contributed by atoms with Crippen molar-refractivity contribution in [3.8, 4) is 0 Å². The molecule has 140 valence electrons. The zero-order valence-corrected chi connectivity index (χ0v) is 15.2. The number of hydrogen-bond donors (Lipinski definition) is 1. The van der Waals surface area contributed by atoms with Crippen molar-refractivity contribution in [1.82, 2.24) is 9.55 Å². The number of hydrogen-bond acceptors (Lipinski definition) is 3. The van der Waals surface area contributed by atoms with Gasteiger partial charge in [0.2, 0.25) is 5.91 Å². The molecule has 6 heteroatoms. The molecule has 0 saturated heterocycles. The van der Waals surface area contributed by atoms with Gasteiger partial charge in [-0.2, -0.15) is 0 Å². The molecule has 0 unspecified atom stereocenters. The summed E-state index contributed by atoms with van der Waals surface area (Å²) in [5.74, 6) is -0.851. The van der Waals surface area contributed by atoms with Gasteiger partial charge in [0.05, 0.1) is 17.2 Å². The van der Waals surface area contributed by atoms with Gasteiger partial charge in [-0.05, 0) is 48.7 Å². The summed E-state index contributed by atoms with van der Waals surface area (Å²) >= 11 is 0. The van der Waals surface area contributed by atoms with Crippen molar-refractivity contribution < 1.29 is 9.18 Å². The number of aryl methyl sites for hydroxylation is 1. The molecule has 0 bridgehead atoms. The summed E-state index contributed by atoms with van der Waals surface area (Å²) in [6.45, 7) is 1.99. The monoisotopic (exact) mass is 367 g/mol. The molecule has 1 amide bonds. The van der Waals surface area contributed by atoms with Gasteiger partial charge < -0.3 is 5.32 Å². The van der Waals surface area contributed by atoms with Crippen LogP contribution < -0.4 is 10.9 Å². The van der Waals surface area contributed by atoms with Crippen LogP contribution in [0.3, 0.4) is 0 Å². The number of anilines is 1.